The lowest BCUT2D eigenvalue weighted by molar-refractivity contribution is -0.127. The SMILES string of the molecule is CCCCCNCC(CC)CCCCCCN(C)C(C)=O. The van der Waals surface area contributed by atoms with Crippen LogP contribution in [0.1, 0.15) is 78.6 Å². The van der Waals surface area contributed by atoms with E-state index >= 15 is 0 Å². The van der Waals surface area contributed by atoms with Crippen molar-refractivity contribution in [1.29, 1.82) is 0 Å². The summed E-state index contributed by atoms with van der Waals surface area (Å²) in [5.74, 6) is 1.02. The van der Waals surface area contributed by atoms with E-state index < -0.39 is 0 Å². The summed E-state index contributed by atoms with van der Waals surface area (Å²) in [5.41, 5.74) is 0. The molecule has 3 nitrogen and oxygen atoms in total. The van der Waals surface area contributed by atoms with E-state index in [1.165, 1.54) is 64.5 Å². The van der Waals surface area contributed by atoms with E-state index in [-0.39, 0.29) is 5.91 Å². The predicted molar refractivity (Wildman–Crippen MR) is 92.6 cm³/mol. The molecule has 0 radical (unpaired) electrons. The molecule has 0 heterocycles. The monoisotopic (exact) mass is 298 g/mol. The third kappa shape index (κ3) is 12.9. The number of hydrogen-bond acceptors (Lipinski definition) is 2. The largest absolute Gasteiger partial charge is 0.346 e. The summed E-state index contributed by atoms with van der Waals surface area (Å²) in [7, 11) is 1.89. The predicted octanol–water partition coefficient (Wildman–Crippen LogP) is 4.22. The van der Waals surface area contributed by atoms with Crippen LogP contribution in [0.25, 0.3) is 0 Å². The molecule has 21 heavy (non-hydrogen) atoms. The van der Waals surface area contributed by atoms with Crippen LogP contribution >= 0.6 is 0 Å². The van der Waals surface area contributed by atoms with E-state index in [0.717, 1.165) is 18.9 Å². The van der Waals surface area contributed by atoms with Crippen molar-refractivity contribution in [1.82, 2.24) is 10.2 Å². The molecule has 0 fully saturated rings. The van der Waals surface area contributed by atoms with Gasteiger partial charge >= 0.3 is 0 Å². The van der Waals surface area contributed by atoms with Crippen molar-refractivity contribution in [3.63, 3.8) is 0 Å². The van der Waals surface area contributed by atoms with Gasteiger partial charge in [-0.15, -0.1) is 0 Å². The summed E-state index contributed by atoms with van der Waals surface area (Å²) >= 11 is 0. The standard InChI is InChI=1S/C18H38N2O/c1-5-7-11-14-19-16-18(6-2)13-10-8-9-12-15-20(4)17(3)21/h18-19H,5-16H2,1-4H3. The Balaban J connectivity index is 3.44. The van der Waals surface area contributed by atoms with E-state index in [9.17, 15) is 4.79 Å². The average Bonchev–Trinajstić information content (AvgIpc) is 2.47. The van der Waals surface area contributed by atoms with Crippen LogP contribution in [-0.2, 0) is 4.79 Å². The number of amides is 1. The molecule has 0 aromatic heterocycles. The molecule has 0 bridgehead atoms. The summed E-state index contributed by atoms with van der Waals surface area (Å²) in [4.78, 5) is 12.9. The topological polar surface area (TPSA) is 32.3 Å². The smallest absolute Gasteiger partial charge is 0.219 e. The molecule has 0 aliphatic heterocycles. The zero-order chi connectivity index (χ0) is 15.9. The van der Waals surface area contributed by atoms with Gasteiger partial charge in [0.05, 0.1) is 0 Å². The van der Waals surface area contributed by atoms with Gasteiger partial charge in [-0.05, 0) is 38.3 Å². The van der Waals surface area contributed by atoms with Crippen molar-refractivity contribution in [2.24, 2.45) is 5.92 Å². The normalized spacial score (nSPS) is 12.4. The molecule has 0 saturated carbocycles. The number of nitrogens with one attached hydrogen (secondary N) is 1. The molecule has 1 N–H and O–H groups in total. The van der Waals surface area contributed by atoms with Crippen molar-refractivity contribution in [3.8, 4) is 0 Å². The van der Waals surface area contributed by atoms with Gasteiger partial charge in [-0.25, -0.2) is 0 Å². The highest BCUT2D eigenvalue weighted by Crippen LogP contribution is 2.13. The highest BCUT2D eigenvalue weighted by molar-refractivity contribution is 5.72. The Kier molecular flexibility index (Phi) is 14.0. The minimum atomic E-state index is 0.176. The zero-order valence-corrected chi connectivity index (χ0v) is 14.9. The highest BCUT2D eigenvalue weighted by Gasteiger charge is 2.06. The van der Waals surface area contributed by atoms with Crippen LogP contribution in [0.15, 0.2) is 0 Å². The van der Waals surface area contributed by atoms with Crippen molar-refractivity contribution < 1.29 is 4.79 Å². The minimum absolute atomic E-state index is 0.176. The molecule has 1 unspecified atom stereocenters. The molecule has 0 rings (SSSR count). The van der Waals surface area contributed by atoms with Gasteiger partial charge in [0, 0.05) is 20.5 Å². The second kappa shape index (κ2) is 14.4. The molecule has 1 amide bonds. The van der Waals surface area contributed by atoms with Gasteiger partial charge in [-0.3, -0.25) is 4.79 Å². The number of nitrogens with zero attached hydrogens (tertiary/aromatic N) is 1. The highest BCUT2D eigenvalue weighted by atomic mass is 16.2. The van der Waals surface area contributed by atoms with E-state index in [2.05, 4.69) is 19.2 Å². The van der Waals surface area contributed by atoms with Crippen LogP contribution in [0.4, 0.5) is 0 Å². The lowest BCUT2D eigenvalue weighted by atomic mass is 9.98. The Bertz CT molecular complexity index is 243. The number of unbranched alkanes of at least 4 members (excludes halogenated alkanes) is 5. The van der Waals surface area contributed by atoms with E-state index in [1.807, 2.05) is 11.9 Å². The molecule has 0 spiro atoms. The van der Waals surface area contributed by atoms with Crippen LogP contribution in [0.3, 0.4) is 0 Å². The third-order valence-corrected chi connectivity index (χ3v) is 4.36. The maximum Gasteiger partial charge on any atom is 0.219 e. The Morgan fingerprint density at radius 3 is 2.38 bits per heavy atom. The van der Waals surface area contributed by atoms with Gasteiger partial charge in [0.2, 0.25) is 5.91 Å². The molecule has 0 saturated heterocycles. The zero-order valence-electron chi connectivity index (χ0n) is 14.9. The van der Waals surface area contributed by atoms with Crippen LogP contribution in [0.2, 0.25) is 0 Å². The first-order valence-electron chi connectivity index (χ1n) is 9.04. The fourth-order valence-electron chi connectivity index (χ4n) is 2.55. The molecule has 0 aromatic rings. The fourth-order valence-corrected chi connectivity index (χ4v) is 2.55. The average molecular weight is 299 g/mol. The maximum atomic E-state index is 11.1. The van der Waals surface area contributed by atoms with Gasteiger partial charge in [0.25, 0.3) is 0 Å². The number of hydrogen-bond donors (Lipinski definition) is 1. The van der Waals surface area contributed by atoms with Gasteiger partial charge < -0.3 is 10.2 Å². The second-order valence-corrected chi connectivity index (χ2v) is 6.33. The summed E-state index contributed by atoms with van der Waals surface area (Å²) < 4.78 is 0. The van der Waals surface area contributed by atoms with Gasteiger partial charge in [-0.2, -0.15) is 0 Å². The number of carbonyl (C=O) groups is 1. The Morgan fingerprint density at radius 2 is 1.76 bits per heavy atom. The maximum absolute atomic E-state index is 11.1. The first-order valence-corrected chi connectivity index (χ1v) is 9.04. The van der Waals surface area contributed by atoms with Crippen molar-refractivity contribution in [2.75, 3.05) is 26.7 Å². The van der Waals surface area contributed by atoms with E-state index in [1.54, 1.807) is 6.92 Å². The summed E-state index contributed by atoms with van der Waals surface area (Å²) in [6.07, 6.45) is 11.6. The Hall–Kier alpha value is -0.570. The van der Waals surface area contributed by atoms with Gasteiger partial charge in [-0.1, -0.05) is 52.4 Å². The molecular weight excluding hydrogens is 260 g/mol. The lowest BCUT2D eigenvalue weighted by Crippen LogP contribution is -2.24. The Labute approximate surface area is 132 Å². The number of rotatable bonds is 14. The van der Waals surface area contributed by atoms with E-state index in [4.69, 9.17) is 0 Å². The lowest BCUT2D eigenvalue weighted by Gasteiger charge is -2.16. The number of carbonyl (C=O) groups excluding carboxylic acids is 1. The molecule has 1 atom stereocenters. The van der Waals surface area contributed by atoms with Crippen LogP contribution < -0.4 is 5.32 Å². The molecule has 3 heteroatoms. The van der Waals surface area contributed by atoms with Gasteiger partial charge in [0.15, 0.2) is 0 Å². The van der Waals surface area contributed by atoms with Crippen LogP contribution in [0.5, 0.6) is 0 Å². The molecule has 126 valence electrons. The minimum Gasteiger partial charge on any atom is -0.346 e. The Morgan fingerprint density at radius 1 is 1.05 bits per heavy atom. The fraction of sp³-hybridized carbons (Fsp3) is 0.944. The van der Waals surface area contributed by atoms with E-state index in [0.29, 0.717) is 0 Å². The van der Waals surface area contributed by atoms with Crippen molar-refractivity contribution in [2.45, 2.75) is 78.6 Å². The van der Waals surface area contributed by atoms with Crippen LogP contribution in [-0.4, -0.2) is 37.5 Å². The van der Waals surface area contributed by atoms with Gasteiger partial charge in [0.1, 0.15) is 0 Å². The third-order valence-electron chi connectivity index (χ3n) is 4.36. The summed E-state index contributed by atoms with van der Waals surface area (Å²) in [6.45, 7) is 9.48. The first kappa shape index (κ1) is 20.4. The molecule has 0 aliphatic carbocycles. The summed E-state index contributed by atoms with van der Waals surface area (Å²) in [6, 6.07) is 0. The summed E-state index contributed by atoms with van der Waals surface area (Å²) in [5, 5.41) is 3.61. The van der Waals surface area contributed by atoms with Crippen LogP contribution in [0, 0.1) is 5.92 Å². The molecular formula is C18H38N2O. The quantitative estimate of drug-likeness (QED) is 0.487. The van der Waals surface area contributed by atoms with Crippen molar-refractivity contribution >= 4 is 5.91 Å². The second-order valence-electron chi connectivity index (χ2n) is 6.33. The first-order chi connectivity index (χ1) is 10.1. The molecule has 0 aliphatic rings. The molecule has 0 aromatic carbocycles. The van der Waals surface area contributed by atoms with Crippen molar-refractivity contribution in [3.05, 3.63) is 0 Å².